The third-order valence-corrected chi connectivity index (χ3v) is 3.87. The van der Waals surface area contributed by atoms with Gasteiger partial charge in [0.1, 0.15) is 0 Å². The first-order chi connectivity index (χ1) is 9.15. The molecule has 102 valence electrons. The van der Waals surface area contributed by atoms with Gasteiger partial charge >= 0.3 is 0 Å². The molecule has 2 aromatic heterocycles. The van der Waals surface area contributed by atoms with Crippen LogP contribution in [0.5, 0.6) is 0 Å². The molecule has 0 unspecified atom stereocenters. The summed E-state index contributed by atoms with van der Waals surface area (Å²) in [7, 11) is 0. The summed E-state index contributed by atoms with van der Waals surface area (Å²) in [6.45, 7) is 6.96. The van der Waals surface area contributed by atoms with E-state index in [9.17, 15) is 0 Å². The highest BCUT2D eigenvalue weighted by Crippen LogP contribution is 2.29. The van der Waals surface area contributed by atoms with Crippen molar-refractivity contribution >= 4 is 11.6 Å². The van der Waals surface area contributed by atoms with E-state index in [1.165, 1.54) is 5.56 Å². The maximum absolute atomic E-state index is 5.42. The Bertz CT molecular complexity index is 572. The molecule has 1 aliphatic heterocycles. The third kappa shape index (κ3) is 2.71. The molecule has 0 spiro atoms. The van der Waals surface area contributed by atoms with Crippen molar-refractivity contribution in [2.45, 2.75) is 26.7 Å². The van der Waals surface area contributed by atoms with E-state index in [2.05, 4.69) is 29.2 Å². The number of nitrogens with one attached hydrogen (secondary N) is 1. The summed E-state index contributed by atoms with van der Waals surface area (Å²) in [6, 6.07) is 4.07. The van der Waals surface area contributed by atoms with E-state index in [4.69, 9.17) is 4.74 Å². The zero-order valence-corrected chi connectivity index (χ0v) is 11.5. The van der Waals surface area contributed by atoms with Gasteiger partial charge in [0, 0.05) is 26.0 Å². The Morgan fingerprint density at radius 1 is 1.42 bits per heavy atom. The number of rotatable bonds is 3. The van der Waals surface area contributed by atoms with Gasteiger partial charge in [-0.25, -0.2) is 4.52 Å². The number of aryl methyl sites for hydroxylation is 1. The summed E-state index contributed by atoms with van der Waals surface area (Å²) in [6.07, 6.45) is 4.12. The molecule has 5 heteroatoms. The van der Waals surface area contributed by atoms with E-state index in [1.807, 2.05) is 22.8 Å². The normalized spacial score (nSPS) is 18.6. The van der Waals surface area contributed by atoms with Crippen molar-refractivity contribution in [3.63, 3.8) is 0 Å². The number of anilines is 1. The largest absolute Gasteiger partial charge is 0.381 e. The molecule has 2 aromatic rings. The zero-order chi connectivity index (χ0) is 13.3. The van der Waals surface area contributed by atoms with Crippen LogP contribution in [0.2, 0.25) is 0 Å². The van der Waals surface area contributed by atoms with Gasteiger partial charge in [0.05, 0.1) is 0 Å². The molecule has 3 rings (SSSR count). The third-order valence-electron chi connectivity index (χ3n) is 3.87. The molecular weight excluding hydrogens is 240 g/mol. The van der Waals surface area contributed by atoms with Gasteiger partial charge in [0.15, 0.2) is 5.65 Å². The number of aromatic nitrogens is 3. The Labute approximate surface area is 113 Å². The standard InChI is InChI=1S/C14H20N4O/c1-11-3-6-18-12(9-11)16-13(17-18)15-10-14(2)4-7-19-8-5-14/h3,6,9H,4-5,7-8,10H2,1-2H3,(H,15,17). The van der Waals surface area contributed by atoms with Crippen LogP contribution in [0, 0.1) is 12.3 Å². The fraction of sp³-hybridized carbons (Fsp3) is 0.571. The van der Waals surface area contributed by atoms with Gasteiger partial charge in [-0.1, -0.05) is 6.92 Å². The second-order valence-electron chi connectivity index (χ2n) is 5.72. The van der Waals surface area contributed by atoms with Crippen molar-refractivity contribution < 1.29 is 4.74 Å². The summed E-state index contributed by atoms with van der Waals surface area (Å²) in [5.41, 5.74) is 2.37. The molecule has 0 aromatic carbocycles. The van der Waals surface area contributed by atoms with Gasteiger partial charge in [-0.05, 0) is 42.9 Å². The minimum atomic E-state index is 0.283. The minimum absolute atomic E-state index is 0.283. The summed E-state index contributed by atoms with van der Waals surface area (Å²) in [4.78, 5) is 4.50. The van der Waals surface area contributed by atoms with Crippen LogP contribution in [0.15, 0.2) is 18.3 Å². The molecule has 0 atom stereocenters. The smallest absolute Gasteiger partial charge is 0.243 e. The fourth-order valence-corrected chi connectivity index (χ4v) is 2.39. The maximum Gasteiger partial charge on any atom is 0.243 e. The van der Waals surface area contributed by atoms with Gasteiger partial charge in [-0.15, -0.1) is 5.10 Å². The number of hydrogen-bond donors (Lipinski definition) is 1. The molecule has 1 N–H and O–H groups in total. The van der Waals surface area contributed by atoms with E-state index in [1.54, 1.807) is 0 Å². The van der Waals surface area contributed by atoms with Crippen molar-refractivity contribution in [3.05, 3.63) is 23.9 Å². The van der Waals surface area contributed by atoms with E-state index in [-0.39, 0.29) is 5.41 Å². The number of ether oxygens (including phenoxy) is 1. The molecular formula is C14H20N4O. The van der Waals surface area contributed by atoms with Crippen molar-refractivity contribution in [2.75, 3.05) is 25.1 Å². The van der Waals surface area contributed by atoms with Crippen LogP contribution in [0.3, 0.4) is 0 Å². The lowest BCUT2D eigenvalue weighted by atomic mass is 9.82. The lowest BCUT2D eigenvalue weighted by Gasteiger charge is -2.33. The Hall–Kier alpha value is -1.62. The second kappa shape index (κ2) is 4.81. The average molecular weight is 260 g/mol. The Kier molecular flexibility index (Phi) is 3.14. The Morgan fingerprint density at radius 2 is 2.21 bits per heavy atom. The molecule has 3 heterocycles. The van der Waals surface area contributed by atoms with Gasteiger partial charge in [0.25, 0.3) is 0 Å². The SMILES string of the molecule is Cc1ccn2nc(NCC3(C)CCOCC3)nc2c1. The van der Waals surface area contributed by atoms with E-state index >= 15 is 0 Å². The number of fused-ring (bicyclic) bond motifs is 1. The zero-order valence-electron chi connectivity index (χ0n) is 11.5. The van der Waals surface area contributed by atoms with Gasteiger partial charge < -0.3 is 10.1 Å². The van der Waals surface area contributed by atoms with Gasteiger partial charge in [-0.2, -0.15) is 4.98 Å². The molecule has 1 saturated heterocycles. The quantitative estimate of drug-likeness (QED) is 0.919. The molecule has 1 fully saturated rings. The van der Waals surface area contributed by atoms with E-state index < -0.39 is 0 Å². The van der Waals surface area contributed by atoms with Gasteiger partial charge in [0.2, 0.25) is 5.95 Å². The molecule has 1 aliphatic rings. The lowest BCUT2D eigenvalue weighted by Crippen LogP contribution is -2.33. The van der Waals surface area contributed by atoms with Crippen molar-refractivity contribution in [3.8, 4) is 0 Å². The van der Waals surface area contributed by atoms with Crippen LogP contribution in [0.1, 0.15) is 25.3 Å². The Balaban J connectivity index is 1.71. The monoisotopic (exact) mass is 260 g/mol. The summed E-state index contributed by atoms with van der Waals surface area (Å²) < 4.78 is 7.22. The molecule has 0 radical (unpaired) electrons. The number of pyridine rings is 1. The van der Waals surface area contributed by atoms with E-state index in [0.717, 1.165) is 38.2 Å². The van der Waals surface area contributed by atoms with Gasteiger partial charge in [-0.3, -0.25) is 0 Å². The minimum Gasteiger partial charge on any atom is -0.381 e. The highest BCUT2D eigenvalue weighted by molar-refractivity contribution is 5.45. The van der Waals surface area contributed by atoms with Crippen LogP contribution >= 0.6 is 0 Å². The first kappa shape index (κ1) is 12.4. The van der Waals surface area contributed by atoms with E-state index in [0.29, 0.717) is 5.95 Å². The predicted molar refractivity (Wildman–Crippen MR) is 74.4 cm³/mol. The first-order valence-electron chi connectivity index (χ1n) is 6.79. The van der Waals surface area contributed by atoms with Crippen molar-refractivity contribution in [1.82, 2.24) is 14.6 Å². The topological polar surface area (TPSA) is 51.5 Å². The lowest BCUT2D eigenvalue weighted by molar-refractivity contribution is 0.0299. The average Bonchev–Trinajstić information content (AvgIpc) is 2.79. The number of nitrogens with zero attached hydrogens (tertiary/aromatic N) is 3. The summed E-state index contributed by atoms with van der Waals surface area (Å²) >= 11 is 0. The number of hydrogen-bond acceptors (Lipinski definition) is 4. The molecule has 0 amide bonds. The molecule has 19 heavy (non-hydrogen) atoms. The molecule has 0 saturated carbocycles. The van der Waals surface area contributed by atoms with Crippen LogP contribution < -0.4 is 5.32 Å². The maximum atomic E-state index is 5.42. The molecule has 0 aliphatic carbocycles. The van der Waals surface area contributed by atoms with Crippen LogP contribution in [0.4, 0.5) is 5.95 Å². The second-order valence-corrected chi connectivity index (χ2v) is 5.72. The fourth-order valence-electron chi connectivity index (χ4n) is 2.39. The summed E-state index contributed by atoms with van der Waals surface area (Å²) in [5, 5.41) is 7.80. The summed E-state index contributed by atoms with van der Waals surface area (Å²) in [5.74, 6) is 0.707. The highest BCUT2D eigenvalue weighted by Gasteiger charge is 2.27. The Morgan fingerprint density at radius 3 is 3.00 bits per heavy atom. The molecule has 0 bridgehead atoms. The van der Waals surface area contributed by atoms with Crippen LogP contribution in [0.25, 0.3) is 5.65 Å². The van der Waals surface area contributed by atoms with Crippen LogP contribution in [-0.2, 0) is 4.74 Å². The molecule has 5 nitrogen and oxygen atoms in total. The van der Waals surface area contributed by atoms with Crippen LogP contribution in [-0.4, -0.2) is 34.4 Å². The van der Waals surface area contributed by atoms with Crippen molar-refractivity contribution in [1.29, 1.82) is 0 Å². The predicted octanol–water partition coefficient (Wildman–Crippen LogP) is 2.27. The first-order valence-corrected chi connectivity index (χ1v) is 6.79. The van der Waals surface area contributed by atoms with Crippen molar-refractivity contribution in [2.24, 2.45) is 5.41 Å². The highest BCUT2D eigenvalue weighted by atomic mass is 16.5.